The predicted molar refractivity (Wildman–Crippen MR) is 61.0 cm³/mol. The Hall–Kier alpha value is -1.40. The van der Waals surface area contributed by atoms with Crippen LogP contribution in [0.25, 0.3) is 10.3 Å². The van der Waals surface area contributed by atoms with Crippen LogP contribution in [-0.2, 0) is 10.3 Å². The van der Waals surface area contributed by atoms with Crippen molar-refractivity contribution in [1.82, 2.24) is 9.97 Å². The monoisotopic (exact) mass is 240 g/mol. The van der Waals surface area contributed by atoms with E-state index in [-0.39, 0.29) is 5.69 Å². The average molecular weight is 240 g/mol. The first-order chi connectivity index (χ1) is 7.44. The van der Waals surface area contributed by atoms with E-state index >= 15 is 0 Å². The molecule has 0 fully saturated rings. The van der Waals surface area contributed by atoms with Crippen LogP contribution in [0.2, 0.25) is 0 Å². The number of aromatic amines is 1. The molecule has 0 bridgehead atoms. The molecule has 0 radical (unpaired) electrons. The van der Waals surface area contributed by atoms with Crippen LogP contribution in [0, 0.1) is 0 Å². The number of carboxylic acid groups (broad SMARTS) is 1. The van der Waals surface area contributed by atoms with E-state index in [1.54, 1.807) is 13.2 Å². The first-order valence-electron chi connectivity index (χ1n) is 4.72. The lowest BCUT2D eigenvalue weighted by Crippen LogP contribution is -2.18. The van der Waals surface area contributed by atoms with Crippen LogP contribution in [-0.4, -0.2) is 28.2 Å². The third-order valence-corrected chi connectivity index (χ3v) is 3.74. The highest BCUT2D eigenvalue weighted by Gasteiger charge is 2.25. The molecule has 86 valence electrons. The number of hydrogen-bond acceptors (Lipinski definition) is 4. The van der Waals surface area contributed by atoms with Crippen molar-refractivity contribution in [2.45, 2.75) is 19.4 Å². The van der Waals surface area contributed by atoms with Crippen molar-refractivity contribution in [3.05, 3.63) is 16.8 Å². The van der Waals surface area contributed by atoms with Gasteiger partial charge >= 0.3 is 5.97 Å². The molecule has 2 heterocycles. The van der Waals surface area contributed by atoms with Gasteiger partial charge in [0.05, 0.1) is 4.70 Å². The Morgan fingerprint density at radius 1 is 1.62 bits per heavy atom. The molecule has 5 nitrogen and oxygen atoms in total. The topological polar surface area (TPSA) is 75.2 Å². The third-order valence-electron chi connectivity index (χ3n) is 2.44. The van der Waals surface area contributed by atoms with E-state index in [4.69, 9.17) is 9.84 Å². The lowest BCUT2D eigenvalue weighted by atomic mass is 10.1. The number of aromatic carboxylic acids is 1. The summed E-state index contributed by atoms with van der Waals surface area (Å²) < 4.78 is 6.15. The summed E-state index contributed by atoms with van der Waals surface area (Å²) in [4.78, 5) is 17.8. The lowest BCUT2D eigenvalue weighted by molar-refractivity contribution is 0.0192. The number of nitrogens with one attached hydrogen (secondary N) is 1. The highest BCUT2D eigenvalue weighted by atomic mass is 32.1. The van der Waals surface area contributed by atoms with Crippen molar-refractivity contribution in [2.24, 2.45) is 0 Å². The SMILES string of the molecule is COC(C)(C)c1nc2[nH]c(C(=O)O)cc2s1. The third kappa shape index (κ3) is 1.70. The molecule has 16 heavy (non-hydrogen) atoms. The van der Waals surface area contributed by atoms with Gasteiger partial charge in [0, 0.05) is 7.11 Å². The summed E-state index contributed by atoms with van der Waals surface area (Å²) in [6.45, 7) is 3.84. The zero-order valence-electron chi connectivity index (χ0n) is 9.20. The lowest BCUT2D eigenvalue weighted by Gasteiger charge is -2.19. The summed E-state index contributed by atoms with van der Waals surface area (Å²) in [7, 11) is 1.62. The van der Waals surface area contributed by atoms with Crippen LogP contribution in [0.1, 0.15) is 29.3 Å². The fourth-order valence-electron chi connectivity index (χ4n) is 1.27. The first kappa shape index (κ1) is 11.1. The fraction of sp³-hybridized carbons (Fsp3) is 0.400. The van der Waals surface area contributed by atoms with Crippen molar-refractivity contribution in [3.63, 3.8) is 0 Å². The normalized spacial score (nSPS) is 12.2. The number of carbonyl (C=O) groups is 1. The average Bonchev–Trinajstić information content (AvgIpc) is 2.74. The number of ether oxygens (including phenoxy) is 1. The van der Waals surface area contributed by atoms with E-state index < -0.39 is 11.6 Å². The molecular formula is C10H12N2O3S. The van der Waals surface area contributed by atoms with Gasteiger partial charge in [-0.25, -0.2) is 9.78 Å². The van der Waals surface area contributed by atoms with Gasteiger partial charge in [-0.2, -0.15) is 0 Å². The maximum absolute atomic E-state index is 10.7. The Bertz CT molecular complexity index is 510. The van der Waals surface area contributed by atoms with E-state index in [2.05, 4.69) is 9.97 Å². The van der Waals surface area contributed by atoms with Gasteiger partial charge in [0.15, 0.2) is 0 Å². The molecule has 2 N–H and O–H groups in total. The molecule has 0 saturated carbocycles. The second kappa shape index (κ2) is 3.57. The number of hydrogen-bond donors (Lipinski definition) is 2. The van der Waals surface area contributed by atoms with Crippen LogP contribution in [0.15, 0.2) is 6.07 Å². The highest BCUT2D eigenvalue weighted by Crippen LogP contribution is 2.32. The van der Waals surface area contributed by atoms with Gasteiger partial charge < -0.3 is 14.8 Å². The summed E-state index contributed by atoms with van der Waals surface area (Å²) in [5.74, 6) is -0.974. The first-order valence-corrected chi connectivity index (χ1v) is 5.54. The summed E-state index contributed by atoms with van der Waals surface area (Å²) in [5, 5.41) is 9.63. The highest BCUT2D eigenvalue weighted by molar-refractivity contribution is 7.18. The maximum atomic E-state index is 10.7. The smallest absolute Gasteiger partial charge is 0.352 e. The van der Waals surface area contributed by atoms with Crippen LogP contribution in [0.3, 0.4) is 0 Å². The minimum Gasteiger partial charge on any atom is -0.477 e. The Balaban J connectivity index is 2.47. The molecular weight excluding hydrogens is 228 g/mol. The van der Waals surface area contributed by atoms with E-state index in [0.717, 1.165) is 9.71 Å². The van der Waals surface area contributed by atoms with Crippen LogP contribution in [0.4, 0.5) is 0 Å². The zero-order chi connectivity index (χ0) is 11.9. The molecule has 0 aliphatic rings. The van der Waals surface area contributed by atoms with Gasteiger partial charge in [0.2, 0.25) is 0 Å². The number of fused-ring (bicyclic) bond motifs is 1. The van der Waals surface area contributed by atoms with Gasteiger partial charge in [-0.3, -0.25) is 0 Å². The molecule has 0 atom stereocenters. The molecule has 2 rings (SSSR count). The van der Waals surface area contributed by atoms with Crippen LogP contribution >= 0.6 is 11.3 Å². The maximum Gasteiger partial charge on any atom is 0.352 e. The standard InChI is InChI=1S/C10H12N2O3S/c1-10(2,15-3)9-12-7-6(16-9)4-5(11-7)8(13)14/h4,11H,1-3H3,(H,13,14). The molecule has 6 heteroatoms. The predicted octanol–water partition coefficient (Wildman–Crippen LogP) is 2.20. The Labute approximate surface area is 96.1 Å². The van der Waals surface area contributed by atoms with Crippen LogP contribution < -0.4 is 0 Å². The van der Waals surface area contributed by atoms with Gasteiger partial charge in [0.1, 0.15) is 21.9 Å². The molecule has 0 aliphatic carbocycles. The number of rotatable bonds is 3. The molecule has 0 aromatic carbocycles. The molecule has 0 amide bonds. The summed E-state index contributed by atoms with van der Waals surface area (Å²) in [6.07, 6.45) is 0. The van der Waals surface area contributed by atoms with Crippen molar-refractivity contribution in [2.75, 3.05) is 7.11 Å². The van der Waals surface area contributed by atoms with Gasteiger partial charge in [-0.1, -0.05) is 0 Å². The second-order valence-corrected chi connectivity index (χ2v) is 4.97. The van der Waals surface area contributed by atoms with Crippen molar-refractivity contribution < 1.29 is 14.6 Å². The Morgan fingerprint density at radius 3 is 2.81 bits per heavy atom. The number of aromatic nitrogens is 2. The van der Waals surface area contributed by atoms with E-state index in [0.29, 0.717) is 5.65 Å². The summed E-state index contributed by atoms with van der Waals surface area (Å²) >= 11 is 1.44. The largest absolute Gasteiger partial charge is 0.477 e. The van der Waals surface area contributed by atoms with E-state index in [9.17, 15) is 4.79 Å². The molecule has 2 aromatic rings. The molecule has 2 aromatic heterocycles. The van der Waals surface area contributed by atoms with Crippen molar-refractivity contribution >= 4 is 27.7 Å². The summed E-state index contributed by atoms with van der Waals surface area (Å²) in [6, 6.07) is 1.59. The molecule has 0 spiro atoms. The van der Waals surface area contributed by atoms with Gasteiger partial charge in [0.25, 0.3) is 0 Å². The number of nitrogens with zero attached hydrogens (tertiary/aromatic N) is 1. The number of thiazole rings is 1. The molecule has 0 aliphatic heterocycles. The van der Waals surface area contributed by atoms with Gasteiger partial charge in [-0.15, -0.1) is 11.3 Å². The number of carboxylic acids is 1. The molecule has 0 unspecified atom stereocenters. The zero-order valence-corrected chi connectivity index (χ0v) is 10.0. The van der Waals surface area contributed by atoms with Gasteiger partial charge in [-0.05, 0) is 19.9 Å². The van der Waals surface area contributed by atoms with Crippen molar-refractivity contribution in [1.29, 1.82) is 0 Å². The quantitative estimate of drug-likeness (QED) is 0.862. The number of H-pyrrole nitrogens is 1. The minimum absolute atomic E-state index is 0.163. The van der Waals surface area contributed by atoms with Crippen LogP contribution in [0.5, 0.6) is 0 Å². The Kier molecular flexibility index (Phi) is 2.47. The molecule has 0 saturated heterocycles. The van der Waals surface area contributed by atoms with E-state index in [1.807, 2.05) is 13.8 Å². The fourth-order valence-corrected chi connectivity index (χ4v) is 2.32. The second-order valence-electron chi connectivity index (χ2n) is 3.93. The minimum atomic E-state index is -0.974. The Morgan fingerprint density at radius 2 is 2.31 bits per heavy atom. The number of methoxy groups -OCH3 is 1. The van der Waals surface area contributed by atoms with Crippen molar-refractivity contribution in [3.8, 4) is 0 Å². The summed E-state index contributed by atoms with van der Waals surface area (Å²) in [5.41, 5.74) is 0.312. The van der Waals surface area contributed by atoms with E-state index in [1.165, 1.54) is 11.3 Å².